The summed E-state index contributed by atoms with van der Waals surface area (Å²) in [4.78, 5) is 2.57. The molecule has 0 spiro atoms. The lowest BCUT2D eigenvalue weighted by Crippen LogP contribution is -2.50. The first-order valence-electron chi connectivity index (χ1n) is 5.85. The van der Waals surface area contributed by atoms with Gasteiger partial charge in [-0.25, -0.2) is 0 Å². The Morgan fingerprint density at radius 2 is 2.06 bits per heavy atom. The van der Waals surface area contributed by atoms with E-state index in [0.717, 1.165) is 13.1 Å². The molecule has 1 saturated heterocycles. The van der Waals surface area contributed by atoms with Crippen LogP contribution in [0.5, 0.6) is 0 Å². The molecule has 1 aliphatic rings. The van der Waals surface area contributed by atoms with Crippen LogP contribution in [0.4, 0.5) is 0 Å². The zero-order chi connectivity index (χ0) is 10.5. The minimum Gasteiger partial charge on any atom is -0.314 e. The van der Waals surface area contributed by atoms with Gasteiger partial charge in [-0.1, -0.05) is 30.3 Å². The second-order valence-corrected chi connectivity index (χ2v) is 4.32. The van der Waals surface area contributed by atoms with Crippen molar-refractivity contribution in [2.75, 3.05) is 26.2 Å². The molecule has 16 heavy (non-hydrogen) atoms. The van der Waals surface area contributed by atoms with Gasteiger partial charge in [-0.15, -0.1) is 12.4 Å². The molecule has 1 N–H and O–H groups in total. The van der Waals surface area contributed by atoms with Gasteiger partial charge in [0, 0.05) is 32.2 Å². The molecule has 2 rings (SSSR count). The lowest BCUT2D eigenvalue weighted by Gasteiger charge is -2.33. The summed E-state index contributed by atoms with van der Waals surface area (Å²) in [7, 11) is 0. The molecule has 0 amide bonds. The molecular formula is C13H21ClN2. The zero-order valence-electron chi connectivity index (χ0n) is 9.86. The van der Waals surface area contributed by atoms with E-state index in [-0.39, 0.29) is 12.4 Å². The van der Waals surface area contributed by atoms with E-state index in [1.54, 1.807) is 0 Å². The molecule has 3 heteroatoms. The topological polar surface area (TPSA) is 15.3 Å². The zero-order valence-corrected chi connectivity index (χ0v) is 10.7. The van der Waals surface area contributed by atoms with E-state index in [2.05, 4.69) is 47.5 Å². The SMILES string of the molecule is CC1CNCCN1CCc1ccccc1.Cl. The summed E-state index contributed by atoms with van der Waals surface area (Å²) in [5, 5.41) is 3.42. The van der Waals surface area contributed by atoms with Crippen LogP contribution in [0.1, 0.15) is 12.5 Å². The number of hydrogen-bond acceptors (Lipinski definition) is 2. The van der Waals surface area contributed by atoms with Gasteiger partial charge < -0.3 is 5.32 Å². The van der Waals surface area contributed by atoms with Crippen molar-refractivity contribution in [2.45, 2.75) is 19.4 Å². The van der Waals surface area contributed by atoms with E-state index < -0.39 is 0 Å². The highest BCUT2D eigenvalue weighted by atomic mass is 35.5. The molecule has 1 atom stereocenters. The van der Waals surface area contributed by atoms with E-state index in [1.807, 2.05) is 0 Å². The van der Waals surface area contributed by atoms with E-state index >= 15 is 0 Å². The van der Waals surface area contributed by atoms with Crippen LogP contribution in [-0.4, -0.2) is 37.1 Å². The lowest BCUT2D eigenvalue weighted by atomic mass is 10.1. The fourth-order valence-corrected chi connectivity index (χ4v) is 2.13. The molecule has 1 fully saturated rings. The normalized spacial score (nSPS) is 21.4. The van der Waals surface area contributed by atoms with Gasteiger partial charge in [0.1, 0.15) is 0 Å². The summed E-state index contributed by atoms with van der Waals surface area (Å²) in [6.07, 6.45) is 1.17. The number of halogens is 1. The average molecular weight is 241 g/mol. The van der Waals surface area contributed by atoms with E-state index in [1.165, 1.54) is 25.1 Å². The van der Waals surface area contributed by atoms with Crippen LogP contribution >= 0.6 is 12.4 Å². The summed E-state index contributed by atoms with van der Waals surface area (Å²) in [5.41, 5.74) is 1.45. The van der Waals surface area contributed by atoms with Gasteiger partial charge in [-0.2, -0.15) is 0 Å². The number of piperazine rings is 1. The number of benzene rings is 1. The smallest absolute Gasteiger partial charge is 0.0193 e. The van der Waals surface area contributed by atoms with Crippen molar-refractivity contribution in [1.29, 1.82) is 0 Å². The van der Waals surface area contributed by atoms with Crippen molar-refractivity contribution >= 4 is 12.4 Å². The van der Waals surface area contributed by atoms with E-state index in [9.17, 15) is 0 Å². The summed E-state index contributed by atoms with van der Waals surface area (Å²) >= 11 is 0. The van der Waals surface area contributed by atoms with E-state index in [4.69, 9.17) is 0 Å². The highest BCUT2D eigenvalue weighted by molar-refractivity contribution is 5.85. The van der Waals surface area contributed by atoms with Crippen molar-refractivity contribution in [3.63, 3.8) is 0 Å². The second kappa shape index (κ2) is 6.89. The third-order valence-electron chi connectivity index (χ3n) is 3.17. The fraction of sp³-hybridized carbons (Fsp3) is 0.538. The molecule has 0 aromatic heterocycles. The Morgan fingerprint density at radius 3 is 2.75 bits per heavy atom. The Labute approximate surface area is 104 Å². The summed E-state index contributed by atoms with van der Waals surface area (Å²) in [6, 6.07) is 11.4. The van der Waals surface area contributed by atoms with Gasteiger partial charge >= 0.3 is 0 Å². The molecular weight excluding hydrogens is 220 g/mol. The summed E-state index contributed by atoms with van der Waals surface area (Å²) < 4.78 is 0. The predicted molar refractivity (Wildman–Crippen MR) is 71.3 cm³/mol. The van der Waals surface area contributed by atoms with Crippen molar-refractivity contribution in [3.05, 3.63) is 35.9 Å². The first-order chi connectivity index (χ1) is 7.36. The first-order valence-corrected chi connectivity index (χ1v) is 5.85. The van der Waals surface area contributed by atoms with Gasteiger partial charge in [0.15, 0.2) is 0 Å². The molecule has 0 bridgehead atoms. The molecule has 1 aromatic carbocycles. The van der Waals surface area contributed by atoms with Crippen molar-refractivity contribution < 1.29 is 0 Å². The summed E-state index contributed by atoms with van der Waals surface area (Å²) in [6.45, 7) is 6.95. The minimum absolute atomic E-state index is 0. The van der Waals surface area contributed by atoms with Crippen LogP contribution in [0.15, 0.2) is 30.3 Å². The Hall–Kier alpha value is -0.570. The Bertz CT molecular complexity index is 289. The molecule has 2 nitrogen and oxygen atoms in total. The quantitative estimate of drug-likeness (QED) is 0.869. The standard InChI is InChI=1S/C13H20N2.ClH/c1-12-11-14-8-10-15(12)9-7-13-5-3-2-4-6-13;/h2-6,12,14H,7-11H2,1H3;1H. The van der Waals surface area contributed by atoms with Crippen molar-refractivity contribution in [3.8, 4) is 0 Å². The number of nitrogens with zero attached hydrogens (tertiary/aromatic N) is 1. The van der Waals surface area contributed by atoms with Crippen molar-refractivity contribution in [1.82, 2.24) is 10.2 Å². The fourth-order valence-electron chi connectivity index (χ4n) is 2.13. The maximum absolute atomic E-state index is 3.42. The molecule has 0 saturated carbocycles. The monoisotopic (exact) mass is 240 g/mol. The van der Waals surface area contributed by atoms with Crippen molar-refractivity contribution in [2.24, 2.45) is 0 Å². The first kappa shape index (κ1) is 13.5. The van der Waals surface area contributed by atoms with Gasteiger partial charge in [0.2, 0.25) is 0 Å². The molecule has 0 radical (unpaired) electrons. The Balaban J connectivity index is 0.00000128. The third kappa shape index (κ3) is 3.78. The highest BCUT2D eigenvalue weighted by Crippen LogP contribution is 2.06. The maximum atomic E-state index is 3.42. The lowest BCUT2D eigenvalue weighted by molar-refractivity contribution is 0.176. The number of nitrogens with one attached hydrogen (secondary N) is 1. The predicted octanol–water partition coefficient (Wildman–Crippen LogP) is 1.94. The Kier molecular flexibility index (Phi) is 5.81. The van der Waals surface area contributed by atoms with Crippen LogP contribution in [-0.2, 0) is 6.42 Å². The molecule has 1 aliphatic heterocycles. The van der Waals surface area contributed by atoms with Crippen LogP contribution in [0, 0.1) is 0 Å². The molecule has 90 valence electrons. The van der Waals surface area contributed by atoms with E-state index in [0.29, 0.717) is 6.04 Å². The van der Waals surface area contributed by atoms with Gasteiger partial charge in [0.25, 0.3) is 0 Å². The Morgan fingerprint density at radius 1 is 1.31 bits per heavy atom. The maximum Gasteiger partial charge on any atom is 0.0193 e. The van der Waals surface area contributed by atoms with Crippen LogP contribution in [0.2, 0.25) is 0 Å². The van der Waals surface area contributed by atoms with Crippen LogP contribution in [0.25, 0.3) is 0 Å². The van der Waals surface area contributed by atoms with Gasteiger partial charge in [-0.05, 0) is 18.9 Å². The third-order valence-corrected chi connectivity index (χ3v) is 3.17. The van der Waals surface area contributed by atoms with Crippen LogP contribution in [0.3, 0.4) is 0 Å². The van der Waals surface area contributed by atoms with Gasteiger partial charge in [-0.3, -0.25) is 4.90 Å². The molecule has 1 heterocycles. The molecule has 1 unspecified atom stereocenters. The largest absolute Gasteiger partial charge is 0.314 e. The average Bonchev–Trinajstić information content (AvgIpc) is 2.29. The highest BCUT2D eigenvalue weighted by Gasteiger charge is 2.16. The number of hydrogen-bond donors (Lipinski definition) is 1. The molecule has 0 aliphatic carbocycles. The minimum atomic E-state index is 0. The number of rotatable bonds is 3. The van der Waals surface area contributed by atoms with Gasteiger partial charge in [0.05, 0.1) is 0 Å². The second-order valence-electron chi connectivity index (χ2n) is 4.32. The van der Waals surface area contributed by atoms with Crippen LogP contribution < -0.4 is 5.32 Å². The molecule has 1 aromatic rings. The summed E-state index contributed by atoms with van der Waals surface area (Å²) in [5.74, 6) is 0.